The Bertz CT molecular complexity index is 1030. The summed E-state index contributed by atoms with van der Waals surface area (Å²) in [6.07, 6.45) is -0.508. The Kier molecular flexibility index (Phi) is 10.8. The number of sulfonamides is 1. The van der Waals surface area contributed by atoms with Crippen molar-refractivity contribution < 1.29 is 35.9 Å². The molecule has 1 unspecified atom stereocenters. The van der Waals surface area contributed by atoms with E-state index in [9.17, 15) is 31.2 Å². The number of halogens is 3. The Morgan fingerprint density at radius 3 is 2.03 bits per heavy atom. The molecule has 2 aromatic heterocycles. The monoisotopic (exact) mass is 569 g/mol. The summed E-state index contributed by atoms with van der Waals surface area (Å²) in [5, 5.41) is 6.36. The molecule has 8 nitrogen and oxygen atoms in total. The predicted molar refractivity (Wildman–Crippen MR) is 133 cm³/mol. The van der Waals surface area contributed by atoms with Crippen molar-refractivity contribution in [1.82, 2.24) is 14.9 Å². The molecule has 0 radical (unpaired) electrons. The SMILES string of the molecule is CC(C)(C)OC(=O)NC(CCCCNS(=O)(=O)C(F)(F)F)C(=O)N(Cc1cccs1)Cc1cccs1. The number of hydrogen-bond acceptors (Lipinski definition) is 7. The largest absolute Gasteiger partial charge is 0.511 e. The van der Waals surface area contributed by atoms with Crippen LogP contribution in [0, 0.1) is 0 Å². The van der Waals surface area contributed by atoms with Crippen LogP contribution in [0.3, 0.4) is 0 Å². The molecule has 0 saturated heterocycles. The lowest BCUT2D eigenvalue weighted by molar-refractivity contribution is -0.134. The number of rotatable bonds is 12. The molecule has 0 aliphatic heterocycles. The van der Waals surface area contributed by atoms with Gasteiger partial charge >= 0.3 is 21.6 Å². The lowest BCUT2D eigenvalue weighted by Gasteiger charge is -2.28. The summed E-state index contributed by atoms with van der Waals surface area (Å²) in [6.45, 7) is 5.20. The quantitative estimate of drug-likeness (QED) is 0.356. The van der Waals surface area contributed by atoms with Crippen molar-refractivity contribution in [2.45, 2.75) is 70.3 Å². The second-order valence-corrected chi connectivity index (χ2v) is 12.7. The Labute approximate surface area is 216 Å². The molecule has 1 atom stereocenters. The second-order valence-electron chi connectivity index (χ2n) is 8.89. The predicted octanol–water partition coefficient (Wildman–Crippen LogP) is 4.84. The second kappa shape index (κ2) is 12.9. The van der Waals surface area contributed by atoms with Gasteiger partial charge in [0, 0.05) is 16.3 Å². The fourth-order valence-corrected chi connectivity index (χ4v) is 5.10. The number of alkyl carbamates (subject to hydrolysis) is 1. The van der Waals surface area contributed by atoms with Crippen LogP contribution < -0.4 is 10.0 Å². The van der Waals surface area contributed by atoms with E-state index in [0.717, 1.165) is 9.75 Å². The highest BCUT2D eigenvalue weighted by Crippen LogP contribution is 2.22. The van der Waals surface area contributed by atoms with Gasteiger partial charge in [-0.3, -0.25) is 4.79 Å². The van der Waals surface area contributed by atoms with Crippen molar-refractivity contribution in [2.75, 3.05) is 6.54 Å². The summed E-state index contributed by atoms with van der Waals surface area (Å²) in [4.78, 5) is 29.5. The number of alkyl halides is 3. The van der Waals surface area contributed by atoms with Gasteiger partial charge in [0.25, 0.3) is 0 Å². The lowest BCUT2D eigenvalue weighted by atomic mass is 10.1. The maximum Gasteiger partial charge on any atom is 0.511 e. The zero-order chi connectivity index (χ0) is 27.0. The van der Waals surface area contributed by atoms with Crippen molar-refractivity contribution >= 4 is 44.7 Å². The average Bonchev–Trinajstić information content (AvgIpc) is 3.43. The van der Waals surface area contributed by atoms with E-state index in [0.29, 0.717) is 13.1 Å². The number of hydrogen-bond donors (Lipinski definition) is 2. The van der Waals surface area contributed by atoms with Crippen LogP contribution in [0.4, 0.5) is 18.0 Å². The molecule has 2 heterocycles. The molecule has 14 heteroatoms. The van der Waals surface area contributed by atoms with Gasteiger partial charge in [0.2, 0.25) is 5.91 Å². The molecular formula is C22H30F3N3O5S3. The molecule has 0 fully saturated rings. The van der Waals surface area contributed by atoms with Crippen LogP contribution in [0.15, 0.2) is 35.0 Å². The number of carbonyl (C=O) groups is 2. The number of ether oxygens (including phenoxy) is 1. The third-order valence-corrected chi connectivity index (χ3v) is 7.59. The van der Waals surface area contributed by atoms with Crippen molar-refractivity contribution in [3.05, 3.63) is 44.8 Å². The summed E-state index contributed by atoms with van der Waals surface area (Å²) in [5.74, 6) is -0.376. The number of nitrogens with zero attached hydrogens (tertiary/aromatic N) is 1. The number of unbranched alkanes of at least 4 members (excludes halogenated alkanes) is 1. The van der Waals surface area contributed by atoms with E-state index in [2.05, 4.69) is 5.32 Å². The first-order valence-electron chi connectivity index (χ1n) is 11.1. The van der Waals surface area contributed by atoms with E-state index in [-0.39, 0.29) is 25.2 Å². The molecule has 2 rings (SSSR count). The zero-order valence-electron chi connectivity index (χ0n) is 20.1. The molecule has 2 aromatic rings. The first-order valence-corrected chi connectivity index (χ1v) is 14.3. The van der Waals surface area contributed by atoms with E-state index in [4.69, 9.17) is 4.74 Å². The van der Waals surface area contributed by atoms with Gasteiger partial charge < -0.3 is 15.0 Å². The number of thiophene rings is 2. The third kappa shape index (κ3) is 10.1. The number of carbonyl (C=O) groups excluding carboxylic acids is 2. The molecule has 0 aliphatic carbocycles. The van der Waals surface area contributed by atoms with E-state index in [1.807, 2.05) is 35.0 Å². The van der Waals surface area contributed by atoms with Crippen molar-refractivity contribution in [3.8, 4) is 0 Å². The molecule has 0 spiro atoms. The van der Waals surface area contributed by atoms with Crippen LogP contribution in [0.5, 0.6) is 0 Å². The molecule has 2 N–H and O–H groups in total. The molecule has 0 aromatic carbocycles. The van der Waals surface area contributed by atoms with Gasteiger partial charge in [-0.25, -0.2) is 17.9 Å². The fourth-order valence-electron chi connectivity index (χ4n) is 3.08. The van der Waals surface area contributed by atoms with Crippen molar-refractivity contribution in [1.29, 1.82) is 0 Å². The summed E-state index contributed by atoms with van der Waals surface area (Å²) in [6, 6.07) is 6.50. The average molecular weight is 570 g/mol. The highest BCUT2D eigenvalue weighted by atomic mass is 32.2. The van der Waals surface area contributed by atoms with E-state index >= 15 is 0 Å². The maximum atomic E-state index is 13.6. The Morgan fingerprint density at radius 1 is 1.03 bits per heavy atom. The molecule has 202 valence electrons. The van der Waals surface area contributed by atoms with E-state index < -0.39 is 39.8 Å². The normalized spacial score (nSPS) is 13.3. The Hall–Kier alpha value is -2.16. The standard InChI is InChI=1S/C22H30F3N3O5S3/c1-21(2,3)33-20(30)27-18(10-4-5-11-26-36(31,32)22(23,24)25)19(29)28(14-16-8-6-12-34-16)15-17-9-7-13-35-17/h6-9,12-13,18,26H,4-5,10-11,14-15H2,1-3H3,(H,27,30). The van der Waals surface area contributed by atoms with Gasteiger partial charge in [-0.2, -0.15) is 13.2 Å². The Balaban J connectivity index is 2.11. The van der Waals surface area contributed by atoms with Crippen LogP contribution in [-0.2, 0) is 32.6 Å². The van der Waals surface area contributed by atoms with Gasteiger partial charge in [-0.05, 0) is 62.9 Å². The van der Waals surface area contributed by atoms with E-state index in [1.54, 1.807) is 25.7 Å². The highest BCUT2D eigenvalue weighted by Gasteiger charge is 2.45. The lowest BCUT2D eigenvalue weighted by Crippen LogP contribution is -2.49. The van der Waals surface area contributed by atoms with Crippen LogP contribution in [0.1, 0.15) is 49.8 Å². The molecule has 2 amide bonds. The van der Waals surface area contributed by atoms with Gasteiger partial charge in [-0.15, -0.1) is 22.7 Å². The van der Waals surface area contributed by atoms with Crippen molar-refractivity contribution in [3.63, 3.8) is 0 Å². The van der Waals surface area contributed by atoms with Gasteiger partial charge in [0.15, 0.2) is 0 Å². The van der Waals surface area contributed by atoms with E-state index in [1.165, 1.54) is 27.4 Å². The van der Waals surface area contributed by atoms with Gasteiger partial charge in [-0.1, -0.05) is 12.1 Å². The minimum absolute atomic E-state index is 0.0327. The third-order valence-electron chi connectivity index (χ3n) is 4.67. The minimum Gasteiger partial charge on any atom is -0.444 e. The summed E-state index contributed by atoms with van der Waals surface area (Å²) in [5.41, 5.74) is -6.20. The minimum atomic E-state index is -5.44. The van der Waals surface area contributed by atoms with Crippen LogP contribution in [-0.4, -0.2) is 49.0 Å². The summed E-state index contributed by atoms with van der Waals surface area (Å²) in [7, 11) is -5.44. The molecule has 36 heavy (non-hydrogen) atoms. The van der Waals surface area contributed by atoms with Crippen LogP contribution in [0.25, 0.3) is 0 Å². The maximum absolute atomic E-state index is 13.6. The van der Waals surface area contributed by atoms with Crippen LogP contribution in [0.2, 0.25) is 0 Å². The molecule has 0 bridgehead atoms. The van der Waals surface area contributed by atoms with Gasteiger partial charge in [0.05, 0.1) is 13.1 Å². The topological polar surface area (TPSA) is 105 Å². The summed E-state index contributed by atoms with van der Waals surface area (Å²) >= 11 is 2.97. The zero-order valence-corrected chi connectivity index (χ0v) is 22.6. The molecular weight excluding hydrogens is 539 g/mol. The Morgan fingerprint density at radius 2 is 1.58 bits per heavy atom. The number of nitrogens with one attached hydrogen (secondary N) is 2. The first-order chi connectivity index (χ1) is 16.7. The van der Waals surface area contributed by atoms with Crippen LogP contribution >= 0.6 is 22.7 Å². The highest BCUT2D eigenvalue weighted by molar-refractivity contribution is 7.90. The summed E-state index contributed by atoms with van der Waals surface area (Å²) < 4.78 is 66.6. The molecule has 0 aliphatic rings. The molecule has 0 saturated carbocycles. The van der Waals surface area contributed by atoms with Crippen molar-refractivity contribution in [2.24, 2.45) is 0 Å². The first kappa shape index (κ1) is 30.1. The van der Waals surface area contributed by atoms with Gasteiger partial charge in [0.1, 0.15) is 11.6 Å². The number of amides is 2. The fraction of sp³-hybridized carbons (Fsp3) is 0.545. The smallest absolute Gasteiger partial charge is 0.444 e.